The Bertz CT molecular complexity index is 1800. The quantitative estimate of drug-likeness (QED) is 0.204. The molecule has 1 aromatic heterocycles. The number of hydrogen-bond acceptors (Lipinski definition) is 7. The molecule has 10 nitrogen and oxygen atoms in total. The molecule has 0 saturated heterocycles. The molecule has 0 amide bonds. The monoisotopic (exact) mass is 496 g/mol. The fourth-order valence-electron chi connectivity index (χ4n) is 4.07. The molecule has 10 heteroatoms. The molecule has 0 aliphatic rings. The van der Waals surface area contributed by atoms with Crippen molar-refractivity contribution >= 4 is 33.6 Å². The summed E-state index contributed by atoms with van der Waals surface area (Å²) >= 11 is 0. The molecule has 5 aromatic rings. The van der Waals surface area contributed by atoms with Gasteiger partial charge in [-0.05, 0) is 34.5 Å². The number of para-hydroxylation sites is 1. The number of fused-ring (bicyclic) bond motifs is 2. The van der Waals surface area contributed by atoms with Gasteiger partial charge in [-0.2, -0.15) is 5.10 Å². The van der Waals surface area contributed by atoms with Gasteiger partial charge in [0.25, 0.3) is 5.56 Å². The number of rotatable bonds is 7. The van der Waals surface area contributed by atoms with Crippen LogP contribution in [0.3, 0.4) is 0 Å². The Kier molecular flexibility index (Phi) is 6.21. The van der Waals surface area contributed by atoms with E-state index in [2.05, 4.69) is 10.1 Å². The molecule has 0 fully saturated rings. The Morgan fingerprint density at radius 3 is 2.51 bits per heavy atom. The first-order valence-corrected chi connectivity index (χ1v) is 11.2. The largest absolute Gasteiger partial charge is 0.493 e. The van der Waals surface area contributed by atoms with Crippen LogP contribution in [0.15, 0.2) is 93.6 Å². The minimum atomic E-state index is -0.739. The summed E-state index contributed by atoms with van der Waals surface area (Å²) in [6, 6.07) is 22.8. The SMILES string of the molecule is COc1cc(C=Nn2c(=O)[nH]c3ccccc3c2=O)cc([N+](=O)[O-])c1OCc1cccc2ccccc12. The van der Waals surface area contributed by atoms with Crippen LogP contribution in [0, 0.1) is 10.1 Å². The molecule has 0 aliphatic carbocycles. The lowest BCUT2D eigenvalue weighted by molar-refractivity contribution is -0.386. The Labute approximate surface area is 209 Å². The molecule has 37 heavy (non-hydrogen) atoms. The number of H-pyrrole nitrogens is 1. The van der Waals surface area contributed by atoms with Crippen LogP contribution in [0.1, 0.15) is 11.1 Å². The Morgan fingerprint density at radius 1 is 1.00 bits per heavy atom. The summed E-state index contributed by atoms with van der Waals surface area (Å²) in [5, 5.41) is 18.2. The summed E-state index contributed by atoms with van der Waals surface area (Å²) < 4.78 is 11.9. The van der Waals surface area contributed by atoms with E-state index in [4.69, 9.17) is 9.47 Å². The average Bonchev–Trinajstić information content (AvgIpc) is 2.91. The van der Waals surface area contributed by atoms with Crippen LogP contribution in [0.2, 0.25) is 0 Å². The molecule has 184 valence electrons. The predicted octanol–water partition coefficient (Wildman–Crippen LogP) is 4.22. The zero-order valence-corrected chi connectivity index (χ0v) is 19.6. The fraction of sp³-hybridized carbons (Fsp3) is 0.0741. The number of aromatic amines is 1. The molecule has 0 unspecified atom stereocenters. The van der Waals surface area contributed by atoms with Crippen molar-refractivity contribution in [3.8, 4) is 11.5 Å². The van der Waals surface area contributed by atoms with Gasteiger partial charge in [0.2, 0.25) is 5.75 Å². The van der Waals surface area contributed by atoms with Crippen LogP contribution in [0.4, 0.5) is 5.69 Å². The normalized spacial score (nSPS) is 11.3. The van der Waals surface area contributed by atoms with Gasteiger partial charge in [0.1, 0.15) is 6.61 Å². The van der Waals surface area contributed by atoms with Crippen molar-refractivity contribution in [1.82, 2.24) is 9.66 Å². The zero-order valence-electron chi connectivity index (χ0n) is 19.6. The van der Waals surface area contributed by atoms with Crippen LogP contribution >= 0.6 is 0 Å². The molecule has 0 aliphatic heterocycles. The van der Waals surface area contributed by atoms with E-state index in [1.54, 1.807) is 24.3 Å². The molecular formula is C27H20N4O6. The number of ether oxygens (including phenoxy) is 2. The number of nitrogens with one attached hydrogen (secondary N) is 1. The summed E-state index contributed by atoms with van der Waals surface area (Å²) in [6.07, 6.45) is 1.18. The first-order valence-electron chi connectivity index (χ1n) is 11.2. The third kappa shape index (κ3) is 4.55. The van der Waals surface area contributed by atoms with Gasteiger partial charge in [0, 0.05) is 11.6 Å². The molecular weight excluding hydrogens is 476 g/mol. The third-order valence-corrected chi connectivity index (χ3v) is 5.83. The van der Waals surface area contributed by atoms with Crippen LogP contribution in [0.25, 0.3) is 21.7 Å². The molecule has 0 bridgehead atoms. The maximum Gasteiger partial charge on any atom is 0.349 e. The molecule has 5 rings (SSSR count). The first-order chi connectivity index (χ1) is 18.0. The number of nitro benzene ring substituents is 1. The summed E-state index contributed by atoms with van der Waals surface area (Å²) in [6.45, 7) is 0.0772. The molecule has 4 aromatic carbocycles. The fourth-order valence-corrected chi connectivity index (χ4v) is 4.07. The van der Waals surface area contributed by atoms with Gasteiger partial charge in [0.15, 0.2) is 5.75 Å². The maximum atomic E-state index is 12.7. The Balaban J connectivity index is 1.51. The van der Waals surface area contributed by atoms with Gasteiger partial charge >= 0.3 is 11.4 Å². The van der Waals surface area contributed by atoms with Crippen molar-refractivity contribution in [2.75, 3.05) is 7.11 Å². The lowest BCUT2D eigenvalue weighted by Crippen LogP contribution is -2.32. The van der Waals surface area contributed by atoms with Crippen molar-refractivity contribution in [3.05, 3.63) is 121 Å². The zero-order chi connectivity index (χ0) is 25.9. The summed E-state index contributed by atoms with van der Waals surface area (Å²) in [5.74, 6) is 0.0639. The maximum absolute atomic E-state index is 12.7. The van der Waals surface area contributed by atoms with Crippen molar-refractivity contribution < 1.29 is 14.4 Å². The van der Waals surface area contributed by atoms with Gasteiger partial charge in [-0.3, -0.25) is 14.9 Å². The second-order valence-electron chi connectivity index (χ2n) is 8.09. The number of methoxy groups -OCH3 is 1. The van der Waals surface area contributed by atoms with E-state index in [-0.39, 0.29) is 34.7 Å². The van der Waals surface area contributed by atoms with Crippen LogP contribution in [0.5, 0.6) is 11.5 Å². The molecule has 0 atom stereocenters. The topological polar surface area (TPSA) is 129 Å². The highest BCUT2D eigenvalue weighted by Gasteiger charge is 2.22. The second-order valence-corrected chi connectivity index (χ2v) is 8.09. The highest BCUT2D eigenvalue weighted by molar-refractivity contribution is 5.86. The number of nitro groups is 1. The first kappa shape index (κ1) is 23.5. The van der Waals surface area contributed by atoms with Gasteiger partial charge in [-0.1, -0.05) is 54.6 Å². The average molecular weight is 496 g/mol. The van der Waals surface area contributed by atoms with E-state index in [9.17, 15) is 19.7 Å². The molecule has 0 spiro atoms. The van der Waals surface area contributed by atoms with E-state index < -0.39 is 16.2 Å². The lowest BCUT2D eigenvalue weighted by atomic mass is 10.1. The van der Waals surface area contributed by atoms with Gasteiger partial charge < -0.3 is 14.5 Å². The molecule has 0 saturated carbocycles. The van der Waals surface area contributed by atoms with Crippen molar-refractivity contribution in [2.45, 2.75) is 6.61 Å². The van der Waals surface area contributed by atoms with E-state index in [1.165, 1.54) is 25.5 Å². The lowest BCUT2D eigenvalue weighted by Gasteiger charge is -2.13. The molecule has 1 heterocycles. The highest BCUT2D eigenvalue weighted by Crippen LogP contribution is 2.38. The minimum Gasteiger partial charge on any atom is -0.493 e. The Morgan fingerprint density at radius 2 is 1.73 bits per heavy atom. The molecule has 1 N–H and O–H groups in total. The number of nitrogens with zero attached hydrogens (tertiary/aromatic N) is 3. The minimum absolute atomic E-state index is 0.0432. The van der Waals surface area contributed by atoms with E-state index in [0.717, 1.165) is 16.3 Å². The summed E-state index contributed by atoms with van der Waals surface area (Å²) in [5.41, 5.74) is -0.228. The van der Waals surface area contributed by atoms with Crippen LogP contribution in [-0.2, 0) is 6.61 Å². The van der Waals surface area contributed by atoms with Crippen molar-refractivity contribution in [1.29, 1.82) is 0 Å². The predicted molar refractivity (Wildman–Crippen MR) is 140 cm³/mol. The highest BCUT2D eigenvalue weighted by atomic mass is 16.6. The van der Waals surface area contributed by atoms with Gasteiger partial charge in [-0.15, -0.1) is 4.68 Å². The smallest absolute Gasteiger partial charge is 0.349 e. The van der Waals surface area contributed by atoms with Crippen molar-refractivity contribution in [3.63, 3.8) is 0 Å². The number of hydrogen-bond donors (Lipinski definition) is 1. The van der Waals surface area contributed by atoms with E-state index in [0.29, 0.717) is 10.2 Å². The van der Waals surface area contributed by atoms with Crippen LogP contribution in [-0.4, -0.2) is 27.9 Å². The Hall–Kier alpha value is -5.25. The summed E-state index contributed by atoms with van der Waals surface area (Å²) in [4.78, 5) is 39.0. The number of aromatic nitrogens is 2. The van der Waals surface area contributed by atoms with E-state index >= 15 is 0 Å². The third-order valence-electron chi connectivity index (χ3n) is 5.83. The van der Waals surface area contributed by atoms with Gasteiger partial charge in [-0.25, -0.2) is 4.79 Å². The number of benzene rings is 4. The van der Waals surface area contributed by atoms with Crippen LogP contribution < -0.4 is 20.7 Å². The standard InChI is InChI=1S/C27H20N4O6/c1-36-24-14-17(15-28-30-26(32)21-11-4-5-12-22(21)29-27(30)33)13-23(31(34)35)25(24)37-16-19-9-6-8-18-7-2-3-10-20(18)19/h2-15H,16H2,1H3,(H,29,33). The van der Waals surface area contributed by atoms with E-state index in [1.807, 2.05) is 42.5 Å². The molecule has 0 radical (unpaired) electrons. The summed E-state index contributed by atoms with van der Waals surface area (Å²) in [7, 11) is 1.36. The van der Waals surface area contributed by atoms with Gasteiger partial charge in [0.05, 0.1) is 29.2 Å². The second kappa shape index (κ2) is 9.78. The van der Waals surface area contributed by atoms with Crippen molar-refractivity contribution in [2.24, 2.45) is 5.10 Å².